The van der Waals surface area contributed by atoms with Crippen LogP contribution in [0.25, 0.3) is 0 Å². The van der Waals surface area contributed by atoms with E-state index in [0.717, 1.165) is 14.6 Å². The summed E-state index contributed by atoms with van der Waals surface area (Å²) in [6.07, 6.45) is 1.37. The van der Waals surface area contributed by atoms with E-state index in [-0.39, 0.29) is 12.2 Å². The van der Waals surface area contributed by atoms with Crippen molar-refractivity contribution in [2.45, 2.75) is 20.0 Å². The molecule has 0 fully saturated rings. The van der Waals surface area contributed by atoms with Crippen LogP contribution in [0.2, 0.25) is 0 Å². The Morgan fingerprint density at radius 2 is 2.05 bits per heavy atom. The number of anilines is 1. The van der Waals surface area contributed by atoms with Gasteiger partial charge in [-0.3, -0.25) is 13.9 Å². The third-order valence-corrected chi connectivity index (χ3v) is 3.67. The number of aromatic nitrogens is 2. The second kappa shape index (κ2) is 6.17. The van der Waals surface area contributed by atoms with E-state index < -0.39 is 11.2 Å². The lowest BCUT2D eigenvalue weighted by molar-refractivity contribution is 0.407. The van der Waals surface area contributed by atoms with Gasteiger partial charge >= 0.3 is 5.69 Å². The Bertz CT molecular complexity index is 780. The molecule has 0 saturated carbocycles. The fourth-order valence-electron chi connectivity index (χ4n) is 2.08. The number of aryl methyl sites for hydroxylation is 1. The first-order valence-corrected chi connectivity index (χ1v) is 7.19. The number of hydrogen-bond acceptors (Lipinski definition) is 4. The van der Waals surface area contributed by atoms with Gasteiger partial charge in [-0.2, -0.15) is 0 Å². The maximum atomic E-state index is 12.3. The maximum absolute atomic E-state index is 12.3. The largest absolute Gasteiger partial charge is 0.496 e. The topological polar surface area (TPSA) is 79.2 Å². The number of nitrogen functional groups attached to an aromatic ring is 1. The van der Waals surface area contributed by atoms with Gasteiger partial charge in [-0.1, -0.05) is 15.9 Å². The molecule has 0 amide bonds. The van der Waals surface area contributed by atoms with Crippen LogP contribution in [0.5, 0.6) is 5.75 Å². The molecule has 0 aliphatic heterocycles. The number of halogens is 1. The first-order chi connectivity index (χ1) is 9.97. The second-order valence-electron chi connectivity index (χ2n) is 4.50. The van der Waals surface area contributed by atoms with Crippen LogP contribution in [0.3, 0.4) is 0 Å². The van der Waals surface area contributed by atoms with E-state index in [2.05, 4.69) is 15.9 Å². The fourth-order valence-corrected chi connectivity index (χ4v) is 2.49. The van der Waals surface area contributed by atoms with Gasteiger partial charge in [0.15, 0.2) is 0 Å². The molecule has 1 aromatic heterocycles. The average molecular weight is 354 g/mol. The molecule has 0 bridgehead atoms. The SMILES string of the molecule is CCn1cc(N)c(=O)n(Cc2cc(Br)ccc2OC)c1=O. The molecule has 0 radical (unpaired) electrons. The zero-order valence-corrected chi connectivity index (χ0v) is 13.4. The van der Waals surface area contributed by atoms with E-state index in [9.17, 15) is 9.59 Å². The number of nitrogens with two attached hydrogens (primary N) is 1. The summed E-state index contributed by atoms with van der Waals surface area (Å²) in [7, 11) is 1.54. The minimum Gasteiger partial charge on any atom is -0.496 e. The Labute approximate surface area is 129 Å². The Balaban J connectivity index is 2.59. The quantitative estimate of drug-likeness (QED) is 0.901. The van der Waals surface area contributed by atoms with Crippen molar-refractivity contribution in [2.24, 2.45) is 0 Å². The molecule has 1 heterocycles. The van der Waals surface area contributed by atoms with Gasteiger partial charge in [0.25, 0.3) is 5.56 Å². The molecule has 0 atom stereocenters. The van der Waals surface area contributed by atoms with Crippen molar-refractivity contribution < 1.29 is 4.74 Å². The zero-order chi connectivity index (χ0) is 15.6. The highest BCUT2D eigenvalue weighted by Gasteiger charge is 2.12. The van der Waals surface area contributed by atoms with E-state index >= 15 is 0 Å². The van der Waals surface area contributed by atoms with E-state index in [0.29, 0.717) is 12.3 Å². The summed E-state index contributed by atoms with van der Waals surface area (Å²) in [5, 5.41) is 0. The molecule has 0 spiro atoms. The van der Waals surface area contributed by atoms with Crippen LogP contribution in [-0.4, -0.2) is 16.2 Å². The van der Waals surface area contributed by atoms with E-state index in [1.807, 2.05) is 19.1 Å². The summed E-state index contributed by atoms with van der Waals surface area (Å²) in [4.78, 5) is 24.4. The monoisotopic (exact) mass is 353 g/mol. The van der Waals surface area contributed by atoms with Crippen molar-refractivity contribution in [1.29, 1.82) is 0 Å². The average Bonchev–Trinajstić information content (AvgIpc) is 2.47. The molecule has 0 saturated heterocycles. The van der Waals surface area contributed by atoms with Crippen molar-refractivity contribution in [3.05, 3.63) is 55.3 Å². The van der Waals surface area contributed by atoms with Gasteiger partial charge in [-0.15, -0.1) is 0 Å². The number of nitrogens with zero attached hydrogens (tertiary/aromatic N) is 2. The van der Waals surface area contributed by atoms with Crippen molar-refractivity contribution in [2.75, 3.05) is 12.8 Å². The van der Waals surface area contributed by atoms with Crippen molar-refractivity contribution in [3.8, 4) is 5.75 Å². The van der Waals surface area contributed by atoms with Crippen LogP contribution < -0.4 is 21.7 Å². The van der Waals surface area contributed by atoms with Gasteiger partial charge < -0.3 is 10.5 Å². The molecule has 2 rings (SSSR count). The van der Waals surface area contributed by atoms with E-state index in [1.54, 1.807) is 13.2 Å². The summed E-state index contributed by atoms with van der Waals surface area (Å²) in [6.45, 7) is 2.36. The number of methoxy groups -OCH3 is 1. The molecule has 7 heteroatoms. The minimum absolute atomic E-state index is 0.0467. The van der Waals surface area contributed by atoms with Crippen molar-refractivity contribution >= 4 is 21.6 Å². The van der Waals surface area contributed by atoms with Gasteiger partial charge in [0, 0.05) is 22.8 Å². The smallest absolute Gasteiger partial charge is 0.331 e. The molecule has 6 nitrogen and oxygen atoms in total. The number of benzene rings is 1. The third-order valence-electron chi connectivity index (χ3n) is 3.18. The first kappa shape index (κ1) is 15.4. The lowest BCUT2D eigenvalue weighted by Crippen LogP contribution is -2.40. The molecule has 21 heavy (non-hydrogen) atoms. The Hall–Kier alpha value is -2.02. The lowest BCUT2D eigenvalue weighted by Gasteiger charge is -2.13. The summed E-state index contributed by atoms with van der Waals surface area (Å²) in [6, 6.07) is 5.41. The molecular weight excluding hydrogens is 338 g/mol. The molecule has 112 valence electrons. The lowest BCUT2D eigenvalue weighted by atomic mass is 10.2. The van der Waals surface area contributed by atoms with Gasteiger partial charge in [0.05, 0.1) is 13.7 Å². The molecule has 2 N–H and O–H groups in total. The first-order valence-electron chi connectivity index (χ1n) is 6.40. The molecule has 0 aliphatic rings. The van der Waals surface area contributed by atoms with Crippen molar-refractivity contribution in [3.63, 3.8) is 0 Å². The summed E-state index contributed by atoms with van der Waals surface area (Å²) < 4.78 is 8.62. The van der Waals surface area contributed by atoms with Crippen LogP contribution in [0.4, 0.5) is 5.69 Å². The highest BCUT2D eigenvalue weighted by molar-refractivity contribution is 9.10. The van der Waals surface area contributed by atoms with Crippen LogP contribution in [0.1, 0.15) is 12.5 Å². The van der Waals surface area contributed by atoms with Gasteiger partial charge in [0.2, 0.25) is 0 Å². The van der Waals surface area contributed by atoms with Crippen LogP contribution in [0.15, 0.2) is 38.5 Å². The van der Waals surface area contributed by atoms with Gasteiger partial charge in [-0.05, 0) is 25.1 Å². The second-order valence-corrected chi connectivity index (χ2v) is 5.42. The highest BCUT2D eigenvalue weighted by Crippen LogP contribution is 2.23. The Kier molecular flexibility index (Phi) is 4.52. The molecular formula is C14H16BrN3O3. The predicted molar refractivity (Wildman–Crippen MR) is 84.8 cm³/mol. The van der Waals surface area contributed by atoms with Crippen LogP contribution >= 0.6 is 15.9 Å². The van der Waals surface area contributed by atoms with Gasteiger partial charge in [-0.25, -0.2) is 4.79 Å². The zero-order valence-electron chi connectivity index (χ0n) is 11.8. The number of hydrogen-bond donors (Lipinski definition) is 1. The fraction of sp³-hybridized carbons (Fsp3) is 0.286. The number of rotatable bonds is 4. The Morgan fingerprint density at radius 3 is 2.67 bits per heavy atom. The number of ether oxygens (including phenoxy) is 1. The normalized spacial score (nSPS) is 10.6. The molecule has 1 aromatic carbocycles. The van der Waals surface area contributed by atoms with Crippen molar-refractivity contribution in [1.82, 2.24) is 9.13 Å². The summed E-state index contributed by atoms with van der Waals surface area (Å²) in [5.74, 6) is 0.606. The Morgan fingerprint density at radius 1 is 1.33 bits per heavy atom. The highest BCUT2D eigenvalue weighted by atomic mass is 79.9. The minimum atomic E-state index is -0.494. The van der Waals surface area contributed by atoms with E-state index in [1.165, 1.54) is 10.8 Å². The summed E-state index contributed by atoms with van der Waals surface area (Å²) in [5.41, 5.74) is 5.57. The molecule has 2 aromatic rings. The third kappa shape index (κ3) is 3.02. The standard InChI is InChI=1S/C14H16BrN3O3/c1-3-17-8-11(16)13(19)18(14(17)20)7-9-6-10(15)4-5-12(9)21-2/h4-6,8H,3,7,16H2,1-2H3. The summed E-state index contributed by atoms with van der Waals surface area (Å²) >= 11 is 3.37. The van der Waals surface area contributed by atoms with Crippen LogP contribution in [-0.2, 0) is 13.1 Å². The predicted octanol–water partition coefficient (Wildman–Crippen LogP) is 1.43. The van der Waals surface area contributed by atoms with Gasteiger partial charge in [0.1, 0.15) is 11.4 Å². The molecule has 0 unspecified atom stereocenters. The maximum Gasteiger partial charge on any atom is 0.331 e. The molecule has 0 aliphatic carbocycles. The van der Waals surface area contributed by atoms with E-state index in [4.69, 9.17) is 10.5 Å². The van der Waals surface area contributed by atoms with Crippen LogP contribution in [0, 0.1) is 0 Å².